The zero-order valence-electron chi connectivity index (χ0n) is 16.5. The number of H-pyrrole nitrogens is 1. The smallest absolute Gasteiger partial charge is 0.253 e. The van der Waals surface area contributed by atoms with Crippen molar-refractivity contribution >= 4 is 5.91 Å². The summed E-state index contributed by atoms with van der Waals surface area (Å²) in [5, 5.41) is 3.08. The molecule has 0 unspecified atom stereocenters. The number of hydrogen-bond donors (Lipinski definition) is 2. The Balaban J connectivity index is 1.29. The van der Waals surface area contributed by atoms with Crippen LogP contribution in [0.2, 0.25) is 0 Å². The van der Waals surface area contributed by atoms with Crippen molar-refractivity contribution in [1.82, 2.24) is 20.2 Å². The predicted octanol–water partition coefficient (Wildman–Crippen LogP) is 2.97. The molecule has 1 aliphatic heterocycles. The van der Waals surface area contributed by atoms with Gasteiger partial charge in [-0.05, 0) is 42.7 Å². The summed E-state index contributed by atoms with van der Waals surface area (Å²) >= 11 is 0. The van der Waals surface area contributed by atoms with E-state index in [1.54, 1.807) is 30.5 Å². The summed E-state index contributed by atoms with van der Waals surface area (Å²) in [6, 6.07) is 13.2. The zero-order valence-corrected chi connectivity index (χ0v) is 16.5. The minimum atomic E-state index is -0.317. The Hall–Kier alpha value is -3.32. The molecule has 0 radical (unpaired) electrons. The first-order valence-electron chi connectivity index (χ1n) is 10.00. The maximum atomic E-state index is 13.4. The lowest BCUT2D eigenvalue weighted by molar-refractivity contribution is 0.0908. The quantitative estimate of drug-likeness (QED) is 0.683. The van der Waals surface area contributed by atoms with Gasteiger partial charge in [-0.1, -0.05) is 18.2 Å². The molecule has 0 spiro atoms. The van der Waals surface area contributed by atoms with Crippen molar-refractivity contribution in [3.63, 3.8) is 0 Å². The van der Waals surface area contributed by atoms with Crippen LogP contribution in [-0.4, -0.2) is 39.9 Å². The van der Waals surface area contributed by atoms with Crippen LogP contribution in [0.3, 0.4) is 0 Å². The number of nitrogens with zero attached hydrogens (tertiary/aromatic N) is 2. The van der Waals surface area contributed by atoms with E-state index in [1.165, 1.54) is 24.4 Å². The first-order valence-corrected chi connectivity index (χ1v) is 10.00. The highest BCUT2D eigenvalue weighted by atomic mass is 19.1. The van der Waals surface area contributed by atoms with Crippen molar-refractivity contribution in [2.45, 2.75) is 25.4 Å². The van der Waals surface area contributed by atoms with Gasteiger partial charge in [0, 0.05) is 49.7 Å². The van der Waals surface area contributed by atoms with Gasteiger partial charge in [0.2, 0.25) is 5.56 Å². The van der Waals surface area contributed by atoms with Crippen molar-refractivity contribution in [1.29, 1.82) is 0 Å². The number of aromatic nitrogens is 2. The number of likely N-dealkylation sites (tertiary alicyclic amines) is 1. The highest BCUT2D eigenvalue weighted by Crippen LogP contribution is 2.18. The molecule has 1 aromatic carbocycles. The standard InChI is InChI=1S/C23H23FN4O2/c24-19-3-1-2-17(12-19)21-6-5-18(14-25-21)23(30)27-20-8-10-28(11-9-20)15-16-4-7-22(29)26-13-16/h1-7,12-14,20H,8-11,15H2,(H,26,29)(H,27,30). The summed E-state index contributed by atoms with van der Waals surface area (Å²) in [4.78, 5) is 33.0. The number of benzene rings is 1. The van der Waals surface area contributed by atoms with Gasteiger partial charge in [-0.15, -0.1) is 0 Å². The van der Waals surface area contributed by atoms with Crippen LogP contribution in [0.5, 0.6) is 0 Å². The second kappa shape index (κ2) is 9.00. The SMILES string of the molecule is O=C(NC1CCN(Cc2ccc(=O)[nH]c2)CC1)c1ccc(-c2cccc(F)c2)nc1. The molecule has 2 N–H and O–H groups in total. The first-order chi connectivity index (χ1) is 14.6. The Kier molecular flexibility index (Phi) is 5.99. The minimum absolute atomic E-state index is 0.0985. The van der Waals surface area contributed by atoms with Gasteiger partial charge in [0.1, 0.15) is 5.82 Å². The van der Waals surface area contributed by atoms with Gasteiger partial charge in [0.05, 0.1) is 11.3 Å². The summed E-state index contributed by atoms with van der Waals surface area (Å²) in [6.07, 6.45) is 5.01. The number of carbonyl (C=O) groups is 1. The van der Waals surface area contributed by atoms with E-state index in [9.17, 15) is 14.0 Å². The van der Waals surface area contributed by atoms with Gasteiger partial charge in [-0.3, -0.25) is 19.5 Å². The molecule has 4 rings (SSSR count). The minimum Gasteiger partial charge on any atom is -0.349 e. The fourth-order valence-corrected chi connectivity index (χ4v) is 3.65. The lowest BCUT2D eigenvalue weighted by Crippen LogP contribution is -2.44. The summed E-state index contributed by atoms with van der Waals surface area (Å²) in [5.74, 6) is -0.463. The second-order valence-electron chi connectivity index (χ2n) is 7.53. The number of nitrogens with one attached hydrogen (secondary N) is 2. The number of aromatic amines is 1. The van der Waals surface area contributed by atoms with E-state index in [-0.39, 0.29) is 23.3 Å². The number of carbonyl (C=O) groups excluding carboxylic acids is 1. The summed E-state index contributed by atoms with van der Waals surface area (Å²) in [6.45, 7) is 2.53. The molecule has 0 atom stereocenters. The van der Waals surface area contributed by atoms with Crippen LogP contribution in [-0.2, 0) is 6.54 Å². The Morgan fingerprint density at radius 3 is 2.67 bits per heavy atom. The Morgan fingerprint density at radius 1 is 1.17 bits per heavy atom. The van der Waals surface area contributed by atoms with Gasteiger partial charge in [0.25, 0.3) is 5.91 Å². The van der Waals surface area contributed by atoms with Crippen molar-refractivity contribution < 1.29 is 9.18 Å². The van der Waals surface area contributed by atoms with Crippen molar-refractivity contribution in [2.24, 2.45) is 0 Å². The number of amides is 1. The summed E-state index contributed by atoms with van der Waals surface area (Å²) in [5.41, 5.74) is 2.77. The Morgan fingerprint density at radius 2 is 2.00 bits per heavy atom. The molecule has 1 fully saturated rings. The highest BCUT2D eigenvalue weighted by molar-refractivity contribution is 5.94. The number of hydrogen-bond acceptors (Lipinski definition) is 4. The monoisotopic (exact) mass is 406 g/mol. The number of piperidine rings is 1. The van der Waals surface area contributed by atoms with Gasteiger partial charge < -0.3 is 10.3 Å². The molecule has 6 nitrogen and oxygen atoms in total. The van der Waals surface area contributed by atoms with Gasteiger partial charge in [-0.25, -0.2) is 4.39 Å². The lowest BCUT2D eigenvalue weighted by atomic mass is 10.0. The fraction of sp³-hybridized carbons (Fsp3) is 0.261. The molecular formula is C23H23FN4O2. The van der Waals surface area contributed by atoms with Crippen LogP contribution in [0.1, 0.15) is 28.8 Å². The molecule has 1 aliphatic rings. The summed E-state index contributed by atoms with van der Waals surface area (Å²) < 4.78 is 13.4. The van der Waals surface area contributed by atoms with E-state index >= 15 is 0 Å². The van der Waals surface area contributed by atoms with Gasteiger partial charge in [0.15, 0.2) is 0 Å². The molecule has 3 heterocycles. The molecule has 7 heteroatoms. The third-order valence-corrected chi connectivity index (χ3v) is 5.32. The summed E-state index contributed by atoms with van der Waals surface area (Å²) in [7, 11) is 0. The molecule has 1 saturated heterocycles. The molecule has 2 aromatic heterocycles. The molecule has 0 saturated carbocycles. The van der Waals surface area contributed by atoms with Crippen LogP contribution < -0.4 is 10.9 Å². The van der Waals surface area contributed by atoms with E-state index in [4.69, 9.17) is 0 Å². The topological polar surface area (TPSA) is 78.1 Å². The van der Waals surface area contributed by atoms with Crippen molar-refractivity contribution in [2.75, 3.05) is 13.1 Å². The lowest BCUT2D eigenvalue weighted by Gasteiger charge is -2.32. The zero-order chi connectivity index (χ0) is 20.9. The van der Waals surface area contributed by atoms with E-state index in [0.29, 0.717) is 16.8 Å². The first kappa shape index (κ1) is 20.0. The maximum absolute atomic E-state index is 13.4. The van der Waals surface area contributed by atoms with Crippen molar-refractivity contribution in [3.8, 4) is 11.3 Å². The van der Waals surface area contributed by atoms with Gasteiger partial charge in [-0.2, -0.15) is 0 Å². The Labute approximate surface area is 173 Å². The van der Waals surface area contributed by atoms with Crippen molar-refractivity contribution in [3.05, 3.63) is 88.2 Å². The number of halogens is 1. The average Bonchev–Trinajstić information content (AvgIpc) is 2.77. The molecule has 1 amide bonds. The average molecular weight is 406 g/mol. The fourth-order valence-electron chi connectivity index (χ4n) is 3.65. The van der Waals surface area contributed by atoms with Crippen LogP contribution in [0, 0.1) is 5.82 Å². The second-order valence-corrected chi connectivity index (χ2v) is 7.53. The van der Waals surface area contributed by atoms with Crippen LogP contribution in [0.25, 0.3) is 11.3 Å². The predicted molar refractivity (Wildman–Crippen MR) is 112 cm³/mol. The number of rotatable bonds is 5. The van der Waals surface area contributed by atoms with E-state index < -0.39 is 0 Å². The largest absolute Gasteiger partial charge is 0.349 e. The third-order valence-electron chi connectivity index (χ3n) is 5.32. The van der Waals surface area contributed by atoms with Gasteiger partial charge >= 0.3 is 0 Å². The molecule has 154 valence electrons. The van der Waals surface area contributed by atoms with Crippen LogP contribution >= 0.6 is 0 Å². The molecule has 3 aromatic rings. The normalized spacial score (nSPS) is 15.1. The molecule has 0 aliphatic carbocycles. The van der Waals surface area contributed by atoms with Crippen LogP contribution in [0.15, 0.2) is 65.7 Å². The number of pyridine rings is 2. The molecule has 30 heavy (non-hydrogen) atoms. The molecule has 0 bridgehead atoms. The van der Waals surface area contributed by atoms with E-state index in [1.807, 2.05) is 6.07 Å². The molecular weight excluding hydrogens is 383 g/mol. The van der Waals surface area contributed by atoms with Crippen LogP contribution in [0.4, 0.5) is 4.39 Å². The Bertz CT molecular complexity index is 1050. The van der Waals surface area contributed by atoms with E-state index in [0.717, 1.165) is 38.0 Å². The highest BCUT2D eigenvalue weighted by Gasteiger charge is 2.21. The third kappa shape index (κ3) is 4.99. The van der Waals surface area contributed by atoms with E-state index in [2.05, 4.69) is 20.2 Å². The maximum Gasteiger partial charge on any atom is 0.253 e.